The Morgan fingerprint density at radius 3 is 2.39 bits per heavy atom. The molecule has 2 aromatic rings. The SMILES string of the molecule is Oc1ccc(C2Cc3ccc(O)cc3CO2)cc1. The van der Waals surface area contributed by atoms with Gasteiger partial charge in [0.15, 0.2) is 0 Å². The zero-order valence-corrected chi connectivity index (χ0v) is 9.84. The summed E-state index contributed by atoms with van der Waals surface area (Å²) in [5.74, 6) is 0.542. The monoisotopic (exact) mass is 242 g/mol. The van der Waals surface area contributed by atoms with Crippen LogP contribution in [0.2, 0.25) is 0 Å². The van der Waals surface area contributed by atoms with Crippen LogP contribution in [-0.2, 0) is 17.8 Å². The fraction of sp³-hybridized carbons (Fsp3) is 0.200. The molecule has 0 fully saturated rings. The summed E-state index contributed by atoms with van der Waals surface area (Å²) < 4.78 is 5.79. The van der Waals surface area contributed by atoms with Crippen LogP contribution in [0.15, 0.2) is 42.5 Å². The first-order chi connectivity index (χ1) is 8.72. The van der Waals surface area contributed by atoms with E-state index < -0.39 is 0 Å². The van der Waals surface area contributed by atoms with Gasteiger partial charge in [0.2, 0.25) is 0 Å². The van der Waals surface area contributed by atoms with Crippen molar-refractivity contribution >= 4 is 0 Å². The molecule has 1 unspecified atom stereocenters. The van der Waals surface area contributed by atoms with E-state index in [0.29, 0.717) is 6.61 Å². The van der Waals surface area contributed by atoms with Crippen LogP contribution in [0, 0.1) is 0 Å². The third-order valence-electron chi connectivity index (χ3n) is 3.30. The van der Waals surface area contributed by atoms with Crippen LogP contribution < -0.4 is 0 Å². The molecule has 18 heavy (non-hydrogen) atoms. The van der Waals surface area contributed by atoms with E-state index in [1.54, 1.807) is 24.3 Å². The van der Waals surface area contributed by atoms with Gasteiger partial charge in [-0.1, -0.05) is 18.2 Å². The summed E-state index contributed by atoms with van der Waals surface area (Å²) in [7, 11) is 0. The smallest absolute Gasteiger partial charge is 0.115 e. The average molecular weight is 242 g/mol. The van der Waals surface area contributed by atoms with E-state index in [2.05, 4.69) is 0 Å². The van der Waals surface area contributed by atoms with Crippen molar-refractivity contribution in [3.63, 3.8) is 0 Å². The molecule has 0 radical (unpaired) electrons. The van der Waals surface area contributed by atoms with Gasteiger partial charge in [0, 0.05) is 6.42 Å². The van der Waals surface area contributed by atoms with Crippen molar-refractivity contribution < 1.29 is 14.9 Å². The summed E-state index contributed by atoms with van der Waals surface area (Å²) in [4.78, 5) is 0. The maximum absolute atomic E-state index is 9.42. The van der Waals surface area contributed by atoms with Crippen molar-refractivity contribution in [1.29, 1.82) is 0 Å². The van der Waals surface area contributed by atoms with E-state index in [9.17, 15) is 10.2 Å². The highest BCUT2D eigenvalue weighted by atomic mass is 16.5. The molecule has 0 bridgehead atoms. The highest BCUT2D eigenvalue weighted by molar-refractivity contribution is 5.37. The zero-order valence-electron chi connectivity index (χ0n) is 9.84. The number of benzene rings is 2. The van der Waals surface area contributed by atoms with Gasteiger partial charge in [0.1, 0.15) is 11.5 Å². The normalized spacial score (nSPS) is 18.3. The van der Waals surface area contributed by atoms with Gasteiger partial charge in [-0.2, -0.15) is 0 Å². The minimum Gasteiger partial charge on any atom is -0.508 e. The Morgan fingerprint density at radius 1 is 0.889 bits per heavy atom. The third kappa shape index (κ3) is 2.05. The summed E-state index contributed by atoms with van der Waals surface area (Å²) in [6.45, 7) is 0.509. The molecular formula is C15H14O3. The zero-order chi connectivity index (χ0) is 12.5. The van der Waals surface area contributed by atoms with E-state index in [-0.39, 0.29) is 17.6 Å². The van der Waals surface area contributed by atoms with Gasteiger partial charge in [0.25, 0.3) is 0 Å². The molecule has 1 aliphatic heterocycles. The van der Waals surface area contributed by atoms with E-state index in [4.69, 9.17) is 4.74 Å². The second kappa shape index (κ2) is 4.35. The van der Waals surface area contributed by atoms with Gasteiger partial charge in [-0.3, -0.25) is 0 Å². The Kier molecular flexibility index (Phi) is 2.68. The lowest BCUT2D eigenvalue weighted by Crippen LogP contribution is -2.15. The lowest BCUT2D eigenvalue weighted by atomic mass is 9.95. The number of rotatable bonds is 1. The first kappa shape index (κ1) is 11.1. The second-order valence-corrected chi connectivity index (χ2v) is 4.55. The average Bonchev–Trinajstić information content (AvgIpc) is 2.39. The van der Waals surface area contributed by atoms with Gasteiger partial charge in [-0.15, -0.1) is 0 Å². The molecule has 1 atom stereocenters. The molecule has 1 heterocycles. The molecule has 3 heteroatoms. The highest BCUT2D eigenvalue weighted by Gasteiger charge is 2.20. The van der Waals surface area contributed by atoms with Crippen LogP contribution in [0.5, 0.6) is 11.5 Å². The molecular weight excluding hydrogens is 228 g/mol. The van der Waals surface area contributed by atoms with E-state index in [0.717, 1.165) is 17.5 Å². The van der Waals surface area contributed by atoms with Crippen molar-refractivity contribution in [2.24, 2.45) is 0 Å². The molecule has 1 aliphatic rings. The lowest BCUT2D eigenvalue weighted by molar-refractivity contribution is 0.0273. The number of ether oxygens (including phenoxy) is 1. The number of hydrogen-bond acceptors (Lipinski definition) is 3. The molecule has 0 saturated carbocycles. The van der Waals surface area contributed by atoms with Crippen LogP contribution in [0.3, 0.4) is 0 Å². The Balaban J connectivity index is 1.86. The standard InChI is InChI=1S/C15H14O3/c16-13-4-1-10(2-5-13)15-8-11-3-6-14(17)7-12(11)9-18-15/h1-7,15-17H,8-9H2. The van der Waals surface area contributed by atoms with Gasteiger partial charge >= 0.3 is 0 Å². The quantitative estimate of drug-likeness (QED) is 0.808. The first-order valence-electron chi connectivity index (χ1n) is 5.94. The summed E-state index contributed by atoms with van der Waals surface area (Å²) in [5, 5.41) is 18.7. The molecule has 0 saturated heterocycles. The Morgan fingerprint density at radius 2 is 1.61 bits per heavy atom. The predicted octanol–water partition coefficient (Wildman–Crippen LogP) is 2.91. The maximum Gasteiger partial charge on any atom is 0.115 e. The molecule has 0 amide bonds. The van der Waals surface area contributed by atoms with Gasteiger partial charge in [-0.25, -0.2) is 0 Å². The molecule has 0 spiro atoms. The number of fused-ring (bicyclic) bond motifs is 1. The van der Waals surface area contributed by atoms with Gasteiger partial charge in [0.05, 0.1) is 12.7 Å². The summed E-state index contributed by atoms with van der Waals surface area (Å²) in [6.07, 6.45) is 0.808. The summed E-state index contributed by atoms with van der Waals surface area (Å²) in [6, 6.07) is 12.5. The van der Waals surface area contributed by atoms with Crippen molar-refractivity contribution in [3.05, 3.63) is 59.2 Å². The largest absolute Gasteiger partial charge is 0.508 e. The number of phenols is 2. The number of aromatic hydroxyl groups is 2. The summed E-state index contributed by atoms with van der Waals surface area (Å²) >= 11 is 0. The Hall–Kier alpha value is -2.00. The van der Waals surface area contributed by atoms with Crippen LogP contribution >= 0.6 is 0 Å². The highest BCUT2D eigenvalue weighted by Crippen LogP contribution is 2.32. The lowest BCUT2D eigenvalue weighted by Gasteiger charge is -2.25. The van der Waals surface area contributed by atoms with Gasteiger partial charge in [-0.05, 0) is 41.0 Å². The molecule has 0 aliphatic carbocycles. The van der Waals surface area contributed by atoms with E-state index in [1.165, 1.54) is 5.56 Å². The fourth-order valence-corrected chi connectivity index (χ4v) is 2.30. The van der Waals surface area contributed by atoms with Crippen LogP contribution in [0.4, 0.5) is 0 Å². The molecule has 2 aromatic carbocycles. The predicted molar refractivity (Wildman–Crippen MR) is 67.4 cm³/mol. The second-order valence-electron chi connectivity index (χ2n) is 4.55. The Bertz CT molecular complexity index is 560. The maximum atomic E-state index is 9.42. The first-order valence-corrected chi connectivity index (χ1v) is 5.94. The van der Waals surface area contributed by atoms with E-state index in [1.807, 2.05) is 18.2 Å². The third-order valence-corrected chi connectivity index (χ3v) is 3.30. The van der Waals surface area contributed by atoms with Crippen LogP contribution in [-0.4, -0.2) is 10.2 Å². The van der Waals surface area contributed by atoms with E-state index >= 15 is 0 Å². The van der Waals surface area contributed by atoms with Crippen molar-refractivity contribution in [1.82, 2.24) is 0 Å². The Labute approximate surface area is 105 Å². The van der Waals surface area contributed by atoms with Crippen LogP contribution in [0.1, 0.15) is 22.8 Å². The minimum absolute atomic E-state index is 0.0163. The van der Waals surface area contributed by atoms with Crippen LogP contribution in [0.25, 0.3) is 0 Å². The number of hydrogen-bond donors (Lipinski definition) is 2. The molecule has 0 aromatic heterocycles. The molecule has 2 N–H and O–H groups in total. The van der Waals surface area contributed by atoms with Gasteiger partial charge < -0.3 is 14.9 Å². The minimum atomic E-state index is 0.0163. The molecule has 92 valence electrons. The topological polar surface area (TPSA) is 49.7 Å². The van der Waals surface area contributed by atoms with Crippen molar-refractivity contribution in [3.8, 4) is 11.5 Å². The fourth-order valence-electron chi connectivity index (χ4n) is 2.30. The summed E-state index contributed by atoms with van der Waals surface area (Å²) in [5.41, 5.74) is 3.31. The number of phenolic OH excluding ortho intramolecular Hbond substituents is 2. The van der Waals surface area contributed by atoms with Crippen molar-refractivity contribution in [2.75, 3.05) is 0 Å². The van der Waals surface area contributed by atoms with Crippen molar-refractivity contribution in [2.45, 2.75) is 19.1 Å². The molecule has 3 rings (SSSR count). The molecule has 3 nitrogen and oxygen atoms in total.